The minimum absolute atomic E-state index is 0.677. The molecule has 1 saturated heterocycles. The lowest BCUT2D eigenvalue weighted by atomic mass is 10.0. The number of nitrogens with zero attached hydrogens (tertiary/aromatic N) is 3. The number of hydrogen-bond acceptors (Lipinski definition) is 4. The zero-order valence-corrected chi connectivity index (χ0v) is 13.2. The van der Waals surface area contributed by atoms with E-state index >= 15 is 0 Å². The smallest absolute Gasteiger partial charge is 0.177 e. The van der Waals surface area contributed by atoms with Gasteiger partial charge in [-0.1, -0.05) is 6.92 Å². The summed E-state index contributed by atoms with van der Waals surface area (Å²) in [7, 11) is 0. The quantitative estimate of drug-likeness (QED) is 0.931. The Bertz CT molecular complexity index is 592. The molecule has 0 atom stereocenters. The van der Waals surface area contributed by atoms with E-state index in [0.29, 0.717) is 5.92 Å². The molecule has 0 aliphatic carbocycles. The Kier molecular flexibility index (Phi) is 4.21. The largest absolute Gasteiger partial charge is 0.382 e. The van der Waals surface area contributed by atoms with Gasteiger partial charge in [-0.05, 0) is 47.2 Å². The Morgan fingerprint density at radius 3 is 3.00 bits per heavy atom. The number of imidazole rings is 1. The van der Waals surface area contributed by atoms with Crippen molar-refractivity contribution in [2.45, 2.75) is 26.2 Å². The van der Waals surface area contributed by atoms with Crippen LogP contribution >= 0.6 is 15.9 Å². The molecule has 3 rings (SSSR count). The number of aryl methyl sites for hydroxylation is 1. The minimum Gasteiger partial charge on any atom is -0.382 e. The molecule has 2 aromatic rings. The third-order valence-electron chi connectivity index (χ3n) is 3.79. The van der Waals surface area contributed by atoms with Crippen molar-refractivity contribution in [3.05, 3.63) is 22.6 Å². The highest BCUT2D eigenvalue weighted by Crippen LogP contribution is 2.22. The molecule has 6 heteroatoms. The zero-order valence-electron chi connectivity index (χ0n) is 11.6. The molecule has 108 valence electrons. The van der Waals surface area contributed by atoms with Gasteiger partial charge < -0.3 is 10.1 Å². The molecule has 3 heterocycles. The van der Waals surface area contributed by atoms with Gasteiger partial charge in [-0.3, -0.25) is 0 Å². The van der Waals surface area contributed by atoms with Crippen LogP contribution in [0.4, 0.5) is 5.69 Å². The molecule has 20 heavy (non-hydrogen) atoms. The van der Waals surface area contributed by atoms with Crippen LogP contribution in [0.15, 0.2) is 16.9 Å². The van der Waals surface area contributed by atoms with E-state index < -0.39 is 0 Å². The summed E-state index contributed by atoms with van der Waals surface area (Å²) in [6.45, 7) is 4.83. The van der Waals surface area contributed by atoms with Gasteiger partial charge in [-0.15, -0.1) is 0 Å². The molecule has 0 amide bonds. The molecule has 0 spiro atoms. The fourth-order valence-electron chi connectivity index (χ4n) is 2.56. The van der Waals surface area contributed by atoms with Crippen LogP contribution in [-0.2, 0) is 11.2 Å². The highest BCUT2D eigenvalue weighted by atomic mass is 79.9. The molecule has 5 nitrogen and oxygen atoms in total. The lowest BCUT2D eigenvalue weighted by Crippen LogP contribution is -2.23. The predicted octanol–water partition coefficient (Wildman–Crippen LogP) is 2.89. The Labute approximate surface area is 126 Å². The molecular weight excluding hydrogens is 320 g/mol. The second-order valence-electron chi connectivity index (χ2n) is 5.16. The summed E-state index contributed by atoms with van der Waals surface area (Å²) in [4.78, 5) is 4.49. The van der Waals surface area contributed by atoms with E-state index in [-0.39, 0.29) is 0 Å². The average molecular weight is 339 g/mol. The Hall–Kier alpha value is -1.14. The molecular formula is C14H19BrN4O. The molecule has 0 radical (unpaired) electrons. The molecule has 1 N–H and O–H groups in total. The molecule has 1 aliphatic heterocycles. The van der Waals surface area contributed by atoms with Crippen molar-refractivity contribution >= 4 is 27.3 Å². The molecule has 0 bridgehead atoms. The van der Waals surface area contributed by atoms with E-state index in [4.69, 9.17) is 4.74 Å². The van der Waals surface area contributed by atoms with Crippen molar-refractivity contribution in [3.63, 3.8) is 0 Å². The van der Waals surface area contributed by atoms with Gasteiger partial charge in [-0.2, -0.15) is 5.10 Å². The van der Waals surface area contributed by atoms with Gasteiger partial charge in [0.15, 0.2) is 5.65 Å². The van der Waals surface area contributed by atoms with Gasteiger partial charge in [0, 0.05) is 19.8 Å². The van der Waals surface area contributed by atoms with Gasteiger partial charge in [0.2, 0.25) is 0 Å². The summed E-state index contributed by atoms with van der Waals surface area (Å²) in [6.07, 6.45) is 5.08. The number of rotatable bonds is 4. The van der Waals surface area contributed by atoms with Crippen molar-refractivity contribution in [1.29, 1.82) is 0 Å². The van der Waals surface area contributed by atoms with Gasteiger partial charge in [0.05, 0.1) is 17.6 Å². The highest BCUT2D eigenvalue weighted by molar-refractivity contribution is 9.10. The van der Waals surface area contributed by atoms with E-state index in [1.165, 1.54) is 0 Å². The van der Waals surface area contributed by atoms with Gasteiger partial charge in [-0.25, -0.2) is 9.50 Å². The number of nitrogens with one attached hydrogen (secondary N) is 1. The van der Waals surface area contributed by atoms with Crippen LogP contribution in [0.3, 0.4) is 0 Å². The first-order valence-corrected chi connectivity index (χ1v) is 7.92. The van der Waals surface area contributed by atoms with E-state index in [9.17, 15) is 0 Å². The van der Waals surface area contributed by atoms with E-state index in [1.807, 2.05) is 16.8 Å². The van der Waals surface area contributed by atoms with E-state index in [0.717, 1.165) is 60.7 Å². The molecule has 0 saturated carbocycles. The van der Waals surface area contributed by atoms with Crippen molar-refractivity contribution < 1.29 is 4.74 Å². The Morgan fingerprint density at radius 1 is 1.45 bits per heavy atom. The first-order valence-electron chi connectivity index (χ1n) is 7.12. The van der Waals surface area contributed by atoms with Crippen LogP contribution in [0.1, 0.15) is 25.5 Å². The van der Waals surface area contributed by atoms with Crippen LogP contribution in [-0.4, -0.2) is 34.4 Å². The maximum atomic E-state index is 5.40. The monoisotopic (exact) mass is 338 g/mol. The topological polar surface area (TPSA) is 51.5 Å². The van der Waals surface area contributed by atoms with Crippen molar-refractivity contribution in [2.24, 2.45) is 5.92 Å². The second-order valence-corrected chi connectivity index (χ2v) is 5.97. The predicted molar refractivity (Wildman–Crippen MR) is 82.1 cm³/mol. The first-order chi connectivity index (χ1) is 9.78. The number of halogens is 1. The summed E-state index contributed by atoms with van der Waals surface area (Å²) in [6, 6.07) is 2.00. The fraction of sp³-hybridized carbons (Fsp3) is 0.571. The van der Waals surface area contributed by atoms with E-state index in [1.54, 1.807) is 0 Å². The first kappa shape index (κ1) is 13.8. The molecule has 2 aromatic heterocycles. The molecule has 1 aliphatic rings. The maximum absolute atomic E-state index is 5.40. The third-order valence-corrected chi connectivity index (χ3v) is 4.18. The third kappa shape index (κ3) is 2.81. The van der Waals surface area contributed by atoms with Gasteiger partial charge in [0.1, 0.15) is 4.60 Å². The fourth-order valence-corrected chi connectivity index (χ4v) is 2.95. The van der Waals surface area contributed by atoms with Crippen molar-refractivity contribution in [1.82, 2.24) is 14.6 Å². The minimum atomic E-state index is 0.677. The second kappa shape index (κ2) is 6.10. The number of anilines is 1. The zero-order chi connectivity index (χ0) is 13.9. The Balaban J connectivity index is 1.81. The summed E-state index contributed by atoms with van der Waals surface area (Å²) in [5.74, 6) is 0.677. The number of hydrogen-bond donors (Lipinski definition) is 1. The SMILES string of the molecule is CCc1cnc2c(NCC3CCOCC3)cc(Br)nn12. The molecule has 1 fully saturated rings. The maximum Gasteiger partial charge on any atom is 0.177 e. The van der Waals surface area contributed by atoms with Crippen LogP contribution in [0.2, 0.25) is 0 Å². The number of aromatic nitrogens is 3. The molecule has 0 aromatic carbocycles. The average Bonchev–Trinajstić information content (AvgIpc) is 2.88. The van der Waals surface area contributed by atoms with Crippen LogP contribution in [0, 0.1) is 5.92 Å². The normalized spacial score (nSPS) is 16.7. The summed E-state index contributed by atoms with van der Waals surface area (Å²) in [5, 5.41) is 8.00. The van der Waals surface area contributed by atoms with Crippen molar-refractivity contribution in [2.75, 3.05) is 25.1 Å². The summed E-state index contributed by atoms with van der Waals surface area (Å²) >= 11 is 3.48. The van der Waals surface area contributed by atoms with Crippen LogP contribution in [0.25, 0.3) is 5.65 Å². The Morgan fingerprint density at radius 2 is 2.25 bits per heavy atom. The lowest BCUT2D eigenvalue weighted by molar-refractivity contribution is 0.0699. The van der Waals surface area contributed by atoms with Gasteiger partial charge >= 0.3 is 0 Å². The van der Waals surface area contributed by atoms with Crippen LogP contribution in [0.5, 0.6) is 0 Å². The molecule has 0 unspecified atom stereocenters. The van der Waals surface area contributed by atoms with E-state index in [2.05, 4.69) is 38.3 Å². The van der Waals surface area contributed by atoms with Crippen molar-refractivity contribution in [3.8, 4) is 0 Å². The summed E-state index contributed by atoms with van der Waals surface area (Å²) in [5.41, 5.74) is 3.06. The standard InChI is InChI=1S/C14H19BrN4O/c1-2-11-9-17-14-12(7-13(15)18-19(11)14)16-8-10-3-5-20-6-4-10/h7,9-10,16H,2-6,8H2,1H3. The highest BCUT2D eigenvalue weighted by Gasteiger charge is 2.15. The summed E-state index contributed by atoms with van der Waals surface area (Å²) < 4.78 is 8.14. The van der Waals surface area contributed by atoms with Crippen LogP contribution < -0.4 is 5.32 Å². The lowest BCUT2D eigenvalue weighted by Gasteiger charge is -2.22. The number of ether oxygens (including phenoxy) is 1. The van der Waals surface area contributed by atoms with Gasteiger partial charge in [0.25, 0.3) is 0 Å². The number of fused-ring (bicyclic) bond motifs is 1.